The Hall–Kier alpha value is -0.360. The standard InChI is InChI=1S/C8H13ClN2O2S/c1-2-11(3-4-12)8-10-7(9)6(5-13)14-8/h12-13H,2-5H2,1H3. The monoisotopic (exact) mass is 236 g/mol. The molecule has 1 aromatic heterocycles. The van der Waals surface area contributed by atoms with Crippen LogP contribution in [0.3, 0.4) is 0 Å². The number of aromatic nitrogens is 1. The molecule has 0 spiro atoms. The Balaban J connectivity index is 2.82. The first-order chi connectivity index (χ1) is 6.72. The summed E-state index contributed by atoms with van der Waals surface area (Å²) in [5.74, 6) is 0. The van der Waals surface area contributed by atoms with E-state index in [0.29, 0.717) is 16.6 Å². The van der Waals surface area contributed by atoms with Crippen LogP contribution in [0.1, 0.15) is 11.8 Å². The van der Waals surface area contributed by atoms with Gasteiger partial charge in [0.2, 0.25) is 0 Å². The highest BCUT2D eigenvalue weighted by Crippen LogP contribution is 2.29. The van der Waals surface area contributed by atoms with Crippen LogP contribution in [0.2, 0.25) is 5.15 Å². The Kier molecular flexibility index (Phi) is 4.60. The molecule has 14 heavy (non-hydrogen) atoms. The second kappa shape index (κ2) is 5.50. The molecule has 6 heteroatoms. The number of anilines is 1. The summed E-state index contributed by atoms with van der Waals surface area (Å²) in [5, 5.41) is 18.8. The summed E-state index contributed by atoms with van der Waals surface area (Å²) in [7, 11) is 0. The maximum atomic E-state index is 8.93. The van der Waals surface area contributed by atoms with Gasteiger partial charge in [-0.05, 0) is 6.92 Å². The van der Waals surface area contributed by atoms with Crippen LogP contribution in [-0.4, -0.2) is 34.9 Å². The van der Waals surface area contributed by atoms with Crippen molar-refractivity contribution in [2.45, 2.75) is 13.5 Å². The minimum atomic E-state index is -0.0901. The lowest BCUT2D eigenvalue weighted by molar-refractivity contribution is 0.285. The van der Waals surface area contributed by atoms with Crippen molar-refractivity contribution in [1.82, 2.24) is 4.98 Å². The van der Waals surface area contributed by atoms with E-state index in [2.05, 4.69) is 4.98 Å². The SMILES string of the molecule is CCN(CCO)c1nc(Cl)c(CO)s1. The smallest absolute Gasteiger partial charge is 0.187 e. The van der Waals surface area contributed by atoms with Crippen molar-refractivity contribution >= 4 is 28.1 Å². The van der Waals surface area contributed by atoms with Crippen molar-refractivity contribution in [3.63, 3.8) is 0 Å². The zero-order valence-corrected chi connectivity index (χ0v) is 9.48. The fourth-order valence-corrected chi connectivity index (χ4v) is 2.27. The number of likely N-dealkylation sites (N-methyl/N-ethyl adjacent to an activating group) is 1. The zero-order chi connectivity index (χ0) is 10.6. The van der Waals surface area contributed by atoms with Gasteiger partial charge < -0.3 is 15.1 Å². The molecule has 0 aromatic carbocycles. The predicted octanol–water partition coefficient (Wildman–Crippen LogP) is 1.11. The van der Waals surface area contributed by atoms with Gasteiger partial charge in [-0.3, -0.25) is 0 Å². The van der Waals surface area contributed by atoms with E-state index in [4.69, 9.17) is 21.8 Å². The van der Waals surface area contributed by atoms with Crippen molar-refractivity contribution in [3.8, 4) is 0 Å². The van der Waals surface area contributed by atoms with E-state index < -0.39 is 0 Å². The van der Waals surface area contributed by atoms with E-state index in [1.807, 2.05) is 11.8 Å². The van der Waals surface area contributed by atoms with E-state index in [9.17, 15) is 0 Å². The molecule has 0 bridgehead atoms. The van der Waals surface area contributed by atoms with Crippen LogP contribution in [-0.2, 0) is 6.61 Å². The summed E-state index contributed by atoms with van der Waals surface area (Å²) in [6.07, 6.45) is 0. The van der Waals surface area contributed by atoms with Crippen LogP contribution >= 0.6 is 22.9 Å². The molecule has 0 fully saturated rings. The molecule has 0 radical (unpaired) electrons. The van der Waals surface area contributed by atoms with Crippen molar-refractivity contribution in [1.29, 1.82) is 0 Å². The lowest BCUT2D eigenvalue weighted by atomic mass is 10.5. The summed E-state index contributed by atoms with van der Waals surface area (Å²) < 4.78 is 0. The molecule has 4 nitrogen and oxygen atoms in total. The number of aliphatic hydroxyl groups is 2. The third kappa shape index (κ3) is 2.57. The summed E-state index contributed by atoms with van der Waals surface area (Å²) >= 11 is 7.15. The van der Waals surface area contributed by atoms with Crippen LogP contribution < -0.4 is 4.90 Å². The number of rotatable bonds is 5. The largest absolute Gasteiger partial charge is 0.395 e. The molecule has 80 valence electrons. The van der Waals surface area contributed by atoms with Gasteiger partial charge in [0, 0.05) is 13.1 Å². The molecule has 0 unspecified atom stereocenters. The number of aliphatic hydroxyl groups excluding tert-OH is 2. The number of nitrogens with zero attached hydrogens (tertiary/aromatic N) is 2. The third-order valence-electron chi connectivity index (χ3n) is 1.80. The first kappa shape index (κ1) is 11.7. The minimum absolute atomic E-state index is 0.0828. The first-order valence-corrected chi connectivity index (χ1v) is 5.54. The normalized spacial score (nSPS) is 10.6. The van der Waals surface area contributed by atoms with Gasteiger partial charge >= 0.3 is 0 Å². The molecule has 1 rings (SSSR count). The molecular weight excluding hydrogens is 224 g/mol. The maximum absolute atomic E-state index is 8.93. The first-order valence-electron chi connectivity index (χ1n) is 4.34. The van der Waals surface area contributed by atoms with E-state index in [0.717, 1.165) is 11.7 Å². The fourth-order valence-electron chi connectivity index (χ4n) is 1.06. The van der Waals surface area contributed by atoms with Gasteiger partial charge in [0.25, 0.3) is 0 Å². The highest BCUT2D eigenvalue weighted by molar-refractivity contribution is 7.16. The molecule has 0 atom stereocenters. The van der Waals surface area contributed by atoms with Crippen molar-refractivity contribution < 1.29 is 10.2 Å². The number of hydrogen-bond acceptors (Lipinski definition) is 5. The summed E-state index contributed by atoms with van der Waals surface area (Å²) in [6, 6.07) is 0. The van der Waals surface area contributed by atoms with Gasteiger partial charge in [-0.15, -0.1) is 0 Å². The lowest BCUT2D eigenvalue weighted by Gasteiger charge is -2.17. The van der Waals surface area contributed by atoms with Crippen molar-refractivity contribution in [2.75, 3.05) is 24.6 Å². The van der Waals surface area contributed by atoms with Gasteiger partial charge in [-0.1, -0.05) is 22.9 Å². The Labute approximate surface area is 91.8 Å². The van der Waals surface area contributed by atoms with Gasteiger partial charge in [-0.2, -0.15) is 0 Å². The molecule has 0 saturated carbocycles. The Bertz CT molecular complexity index is 293. The van der Waals surface area contributed by atoms with E-state index >= 15 is 0 Å². The lowest BCUT2D eigenvalue weighted by Crippen LogP contribution is -2.25. The molecular formula is C8H13ClN2O2S. The second-order valence-electron chi connectivity index (χ2n) is 2.67. The van der Waals surface area contributed by atoms with Gasteiger partial charge in [0.1, 0.15) is 5.15 Å². The van der Waals surface area contributed by atoms with Crippen LogP contribution in [0.5, 0.6) is 0 Å². The molecule has 1 heterocycles. The summed E-state index contributed by atoms with van der Waals surface area (Å²) in [4.78, 5) is 6.69. The number of hydrogen-bond donors (Lipinski definition) is 2. The van der Waals surface area contributed by atoms with Crippen LogP contribution in [0.4, 0.5) is 5.13 Å². The van der Waals surface area contributed by atoms with Crippen LogP contribution in [0, 0.1) is 0 Å². The molecule has 0 aliphatic heterocycles. The van der Waals surface area contributed by atoms with Crippen LogP contribution in [0.25, 0.3) is 0 Å². The molecule has 0 aliphatic rings. The molecule has 1 aromatic rings. The van der Waals surface area contributed by atoms with E-state index in [1.165, 1.54) is 11.3 Å². The zero-order valence-electron chi connectivity index (χ0n) is 7.90. The van der Waals surface area contributed by atoms with Gasteiger partial charge in [0.05, 0.1) is 18.1 Å². The van der Waals surface area contributed by atoms with E-state index in [1.54, 1.807) is 0 Å². The number of halogens is 1. The highest BCUT2D eigenvalue weighted by Gasteiger charge is 2.12. The molecule has 0 aliphatic carbocycles. The maximum Gasteiger partial charge on any atom is 0.187 e. The fraction of sp³-hybridized carbons (Fsp3) is 0.625. The van der Waals surface area contributed by atoms with Gasteiger partial charge in [0.15, 0.2) is 5.13 Å². The van der Waals surface area contributed by atoms with Crippen LogP contribution in [0.15, 0.2) is 0 Å². The average molecular weight is 237 g/mol. The Morgan fingerprint density at radius 3 is 2.64 bits per heavy atom. The van der Waals surface area contributed by atoms with Crippen molar-refractivity contribution in [2.24, 2.45) is 0 Å². The predicted molar refractivity (Wildman–Crippen MR) is 58.0 cm³/mol. The third-order valence-corrected chi connectivity index (χ3v) is 3.33. The molecule has 0 saturated heterocycles. The Morgan fingerprint density at radius 1 is 1.50 bits per heavy atom. The molecule has 2 N–H and O–H groups in total. The van der Waals surface area contributed by atoms with E-state index in [-0.39, 0.29) is 13.2 Å². The second-order valence-corrected chi connectivity index (χ2v) is 4.09. The summed E-state index contributed by atoms with van der Waals surface area (Å²) in [6.45, 7) is 3.26. The van der Waals surface area contributed by atoms with Crippen molar-refractivity contribution in [3.05, 3.63) is 10.0 Å². The summed E-state index contributed by atoms with van der Waals surface area (Å²) in [5.41, 5.74) is 0. The minimum Gasteiger partial charge on any atom is -0.395 e. The average Bonchev–Trinajstić information content (AvgIpc) is 2.56. The topological polar surface area (TPSA) is 56.6 Å². The quantitative estimate of drug-likeness (QED) is 0.804. The van der Waals surface area contributed by atoms with Gasteiger partial charge in [-0.25, -0.2) is 4.98 Å². The Morgan fingerprint density at radius 2 is 2.21 bits per heavy atom. The number of thiazole rings is 1. The molecule has 0 amide bonds. The highest BCUT2D eigenvalue weighted by atomic mass is 35.5.